The van der Waals surface area contributed by atoms with Gasteiger partial charge in [-0.3, -0.25) is 0 Å². The zero-order valence-electron chi connectivity index (χ0n) is 12.6. The summed E-state index contributed by atoms with van der Waals surface area (Å²) in [7, 11) is 0. The Morgan fingerprint density at radius 2 is 2.24 bits per heavy atom. The van der Waals surface area contributed by atoms with Gasteiger partial charge in [0.2, 0.25) is 0 Å². The number of aryl methyl sites for hydroxylation is 1. The van der Waals surface area contributed by atoms with Crippen LogP contribution in [0.5, 0.6) is 5.75 Å². The minimum Gasteiger partial charge on any atom is -0.493 e. The number of rotatable bonds is 7. The lowest BCUT2D eigenvalue weighted by Gasteiger charge is -2.18. The molecule has 5 heteroatoms. The highest BCUT2D eigenvalue weighted by molar-refractivity contribution is 7.09. The fourth-order valence-electron chi connectivity index (χ4n) is 2.23. The van der Waals surface area contributed by atoms with Gasteiger partial charge in [0.15, 0.2) is 0 Å². The van der Waals surface area contributed by atoms with Crippen molar-refractivity contribution in [2.24, 2.45) is 0 Å². The van der Waals surface area contributed by atoms with Crippen molar-refractivity contribution in [3.8, 4) is 5.75 Å². The molecule has 0 fully saturated rings. The SMILES string of the molecule is CCNC(C)c1cc(Cl)ccc1OCCc1scnc1C. The lowest BCUT2D eigenvalue weighted by atomic mass is 10.1. The highest BCUT2D eigenvalue weighted by Gasteiger charge is 2.12. The van der Waals surface area contributed by atoms with Crippen molar-refractivity contribution in [2.45, 2.75) is 33.2 Å². The molecule has 0 radical (unpaired) electrons. The molecule has 0 aliphatic rings. The predicted molar refractivity (Wildman–Crippen MR) is 89.6 cm³/mol. The number of aromatic nitrogens is 1. The van der Waals surface area contributed by atoms with Crippen LogP contribution in [0, 0.1) is 6.92 Å². The largest absolute Gasteiger partial charge is 0.493 e. The summed E-state index contributed by atoms with van der Waals surface area (Å²) in [6.45, 7) is 7.81. The van der Waals surface area contributed by atoms with E-state index >= 15 is 0 Å². The van der Waals surface area contributed by atoms with E-state index in [1.807, 2.05) is 30.6 Å². The molecule has 0 spiro atoms. The van der Waals surface area contributed by atoms with Crippen LogP contribution in [-0.2, 0) is 6.42 Å². The summed E-state index contributed by atoms with van der Waals surface area (Å²) in [4.78, 5) is 5.54. The Hall–Kier alpha value is -1.10. The van der Waals surface area contributed by atoms with Gasteiger partial charge in [-0.25, -0.2) is 4.98 Å². The van der Waals surface area contributed by atoms with Crippen LogP contribution in [0.4, 0.5) is 0 Å². The number of hydrogen-bond acceptors (Lipinski definition) is 4. The van der Waals surface area contributed by atoms with Crippen LogP contribution in [0.1, 0.15) is 36.0 Å². The summed E-state index contributed by atoms with van der Waals surface area (Å²) < 4.78 is 5.97. The number of hydrogen-bond donors (Lipinski definition) is 1. The van der Waals surface area contributed by atoms with Gasteiger partial charge in [-0.1, -0.05) is 18.5 Å². The third-order valence-corrected chi connectivity index (χ3v) is 4.61. The summed E-state index contributed by atoms with van der Waals surface area (Å²) in [5.41, 5.74) is 4.08. The van der Waals surface area contributed by atoms with Crippen molar-refractivity contribution in [1.82, 2.24) is 10.3 Å². The van der Waals surface area contributed by atoms with E-state index in [1.54, 1.807) is 11.3 Å². The third-order valence-electron chi connectivity index (χ3n) is 3.38. The quantitative estimate of drug-likeness (QED) is 0.819. The molecule has 1 aromatic heterocycles. The van der Waals surface area contributed by atoms with Crippen LogP contribution < -0.4 is 10.1 Å². The Morgan fingerprint density at radius 3 is 2.90 bits per heavy atom. The lowest BCUT2D eigenvalue weighted by Crippen LogP contribution is -2.18. The minimum absolute atomic E-state index is 0.217. The molecule has 0 aliphatic carbocycles. The van der Waals surface area contributed by atoms with E-state index in [0.29, 0.717) is 6.61 Å². The Balaban J connectivity index is 2.03. The highest BCUT2D eigenvalue weighted by Crippen LogP contribution is 2.28. The highest BCUT2D eigenvalue weighted by atomic mass is 35.5. The van der Waals surface area contributed by atoms with Gasteiger partial charge in [0.1, 0.15) is 5.75 Å². The molecular formula is C16H21ClN2OS. The first-order valence-corrected chi connectivity index (χ1v) is 8.42. The summed E-state index contributed by atoms with van der Waals surface area (Å²) in [6, 6.07) is 6.01. The molecule has 1 heterocycles. The van der Waals surface area contributed by atoms with E-state index in [0.717, 1.165) is 35.0 Å². The summed E-state index contributed by atoms with van der Waals surface area (Å²) >= 11 is 7.79. The average Bonchev–Trinajstić information content (AvgIpc) is 2.86. The van der Waals surface area contributed by atoms with Gasteiger partial charge in [-0.05, 0) is 38.6 Å². The van der Waals surface area contributed by atoms with Crippen molar-refractivity contribution in [2.75, 3.05) is 13.2 Å². The van der Waals surface area contributed by atoms with Crippen LogP contribution in [0.3, 0.4) is 0 Å². The molecular weight excluding hydrogens is 304 g/mol. The Kier molecular flexibility index (Phi) is 6.03. The first kappa shape index (κ1) is 16.3. The molecule has 1 atom stereocenters. The predicted octanol–water partition coefficient (Wildman–Crippen LogP) is 4.40. The number of nitrogens with zero attached hydrogens (tertiary/aromatic N) is 1. The van der Waals surface area contributed by atoms with Gasteiger partial charge in [0.05, 0.1) is 17.8 Å². The molecule has 0 aliphatic heterocycles. The first-order valence-electron chi connectivity index (χ1n) is 7.16. The second-order valence-corrected chi connectivity index (χ2v) is 6.30. The average molecular weight is 325 g/mol. The smallest absolute Gasteiger partial charge is 0.124 e. The van der Waals surface area contributed by atoms with E-state index in [1.165, 1.54) is 4.88 Å². The standard InChI is InChI=1S/C16H21ClN2OS/c1-4-18-11(2)14-9-13(17)5-6-15(14)20-8-7-16-12(3)19-10-21-16/h5-6,9-11,18H,4,7-8H2,1-3H3. The summed E-state index contributed by atoms with van der Waals surface area (Å²) in [5.74, 6) is 0.898. The van der Waals surface area contributed by atoms with Crippen molar-refractivity contribution in [1.29, 1.82) is 0 Å². The Labute approximate surface area is 135 Å². The number of ether oxygens (including phenoxy) is 1. The normalized spacial score (nSPS) is 12.4. The molecule has 1 unspecified atom stereocenters. The zero-order valence-corrected chi connectivity index (χ0v) is 14.2. The molecule has 0 saturated heterocycles. The number of nitrogens with one attached hydrogen (secondary N) is 1. The van der Waals surface area contributed by atoms with Gasteiger partial charge in [0.25, 0.3) is 0 Å². The van der Waals surface area contributed by atoms with Gasteiger partial charge in [-0.15, -0.1) is 11.3 Å². The van der Waals surface area contributed by atoms with E-state index in [9.17, 15) is 0 Å². The van der Waals surface area contributed by atoms with Gasteiger partial charge < -0.3 is 10.1 Å². The van der Waals surface area contributed by atoms with Crippen LogP contribution >= 0.6 is 22.9 Å². The second kappa shape index (κ2) is 7.78. The van der Waals surface area contributed by atoms with Crippen molar-refractivity contribution >= 4 is 22.9 Å². The summed E-state index contributed by atoms with van der Waals surface area (Å²) in [6.07, 6.45) is 0.883. The zero-order chi connectivity index (χ0) is 15.2. The van der Waals surface area contributed by atoms with Gasteiger partial charge in [0, 0.05) is 27.9 Å². The van der Waals surface area contributed by atoms with Crippen LogP contribution in [0.15, 0.2) is 23.7 Å². The van der Waals surface area contributed by atoms with E-state index in [2.05, 4.69) is 24.1 Å². The number of benzene rings is 1. The minimum atomic E-state index is 0.217. The van der Waals surface area contributed by atoms with Crippen LogP contribution in [0.2, 0.25) is 5.02 Å². The molecule has 114 valence electrons. The van der Waals surface area contributed by atoms with Gasteiger partial charge >= 0.3 is 0 Å². The molecule has 2 rings (SSSR count). The summed E-state index contributed by atoms with van der Waals surface area (Å²) in [5, 5.41) is 4.13. The monoisotopic (exact) mass is 324 g/mol. The van der Waals surface area contributed by atoms with Crippen molar-refractivity contribution in [3.63, 3.8) is 0 Å². The molecule has 21 heavy (non-hydrogen) atoms. The van der Waals surface area contributed by atoms with E-state index in [-0.39, 0.29) is 6.04 Å². The fourth-order valence-corrected chi connectivity index (χ4v) is 3.17. The molecule has 1 aromatic carbocycles. The molecule has 1 N–H and O–H groups in total. The Morgan fingerprint density at radius 1 is 1.43 bits per heavy atom. The first-order chi connectivity index (χ1) is 10.1. The molecule has 3 nitrogen and oxygen atoms in total. The number of thiazole rings is 1. The topological polar surface area (TPSA) is 34.1 Å². The molecule has 0 saturated carbocycles. The van der Waals surface area contributed by atoms with E-state index in [4.69, 9.17) is 16.3 Å². The van der Waals surface area contributed by atoms with Crippen LogP contribution in [0.25, 0.3) is 0 Å². The second-order valence-electron chi connectivity index (χ2n) is 4.92. The number of halogens is 1. The van der Waals surface area contributed by atoms with Crippen molar-refractivity contribution in [3.05, 3.63) is 44.9 Å². The third kappa shape index (κ3) is 4.43. The maximum Gasteiger partial charge on any atom is 0.124 e. The van der Waals surface area contributed by atoms with Gasteiger partial charge in [-0.2, -0.15) is 0 Å². The maximum absolute atomic E-state index is 6.11. The molecule has 0 bridgehead atoms. The molecule has 0 amide bonds. The van der Waals surface area contributed by atoms with E-state index < -0.39 is 0 Å². The fraction of sp³-hybridized carbons (Fsp3) is 0.438. The lowest BCUT2D eigenvalue weighted by molar-refractivity contribution is 0.316. The van der Waals surface area contributed by atoms with Crippen LogP contribution in [-0.4, -0.2) is 18.1 Å². The molecule has 2 aromatic rings. The Bertz CT molecular complexity index is 585. The van der Waals surface area contributed by atoms with Crippen molar-refractivity contribution < 1.29 is 4.74 Å². The maximum atomic E-state index is 6.11.